The van der Waals surface area contributed by atoms with Gasteiger partial charge in [0.15, 0.2) is 0 Å². The number of hydrogen-bond donors (Lipinski definition) is 0. The third kappa shape index (κ3) is 3.06. The quantitative estimate of drug-likeness (QED) is 0.679. The lowest BCUT2D eigenvalue weighted by Crippen LogP contribution is -2.03. The molecule has 0 saturated heterocycles. The second kappa shape index (κ2) is 6.84. The predicted octanol–water partition coefficient (Wildman–Crippen LogP) is 4.16. The molecule has 2 heterocycles. The molecule has 0 amide bonds. The fourth-order valence-corrected chi connectivity index (χ4v) is 2.53. The Morgan fingerprint density at radius 2 is 2.00 bits per heavy atom. The number of ether oxygens (including phenoxy) is 1. The van der Waals surface area contributed by atoms with Crippen molar-refractivity contribution in [2.75, 3.05) is 6.61 Å². The van der Waals surface area contributed by atoms with E-state index in [9.17, 15) is 4.79 Å². The van der Waals surface area contributed by atoms with E-state index in [4.69, 9.17) is 10.00 Å². The molecular formula is C20H16N2O2. The van der Waals surface area contributed by atoms with Crippen LogP contribution in [0.3, 0.4) is 0 Å². The van der Waals surface area contributed by atoms with Gasteiger partial charge in [0.05, 0.1) is 29.3 Å². The molecule has 0 saturated carbocycles. The van der Waals surface area contributed by atoms with Gasteiger partial charge < -0.3 is 9.14 Å². The number of esters is 1. The zero-order valence-electron chi connectivity index (χ0n) is 13.3. The normalized spacial score (nSPS) is 10.8. The highest BCUT2D eigenvalue weighted by molar-refractivity contribution is 5.98. The topological polar surface area (TPSA) is 54.5 Å². The first-order valence-corrected chi connectivity index (χ1v) is 7.68. The van der Waals surface area contributed by atoms with Crippen LogP contribution >= 0.6 is 0 Å². The molecule has 0 spiro atoms. The highest BCUT2D eigenvalue weighted by Gasteiger charge is 2.14. The van der Waals surface area contributed by atoms with Crippen molar-refractivity contribution in [1.29, 1.82) is 5.26 Å². The standard InChI is InChI=1S/C20H16N2O2/c1-2-24-20(23)18-13-17(22-12-4-3-5-19(18)22)11-10-15-6-8-16(14-21)9-7-15/h3-13H,2H2,1H3/b11-10+. The maximum atomic E-state index is 12.1. The molecule has 3 rings (SSSR count). The molecule has 3 aromatic rings. The zero-order chi connectivity index (χ0) is 16.9. The summed E-state index contributed by atoms with van der Waals surface area (Å²) in [5.74, 6) is -0.320. The predicted molar refractivity (Wildman–Crippen MR) is 93.4 cm³/mol. The van der Waals surface area contributed by atoms with Crippen molar-refractivity contribution >= 4 is 23.6 Å². The lowest BCUT2D eigenvalue weighted by atomic mass is 10.1. The maximum Gasteiger partial charge on any atom is 0.340 e. The number of rotatable bonds is 4. The van der Waals surface area contributed by atoms with Crippen LogP contribution in [0.2, 0.25) is 0 Å². The maximum absolute atomic E-state index is 12.1. The number of aromatic nitrogens is 1. The van der Waals surface area contributed by atoms with Gasteiger partial charge in [-0.05, 0) is 48.9 Å². The molecule has 0 fully saturated rings. The first-order valence-electron chi connectivity index (χ1n) is 7.68. The Morgan fingerprint density at radius 1 is 1.21 bits per heavy atom. The lowest BCUT2D eigenvalue weighted by molar-refractivity contribution is 0.0529. The van der Waals surface area contributed by atoms with Gasteiger partial charge in [-0.1, -0.05) is 24.3 Å². The minimum absolute atomic E-state index is 0.320. The van der Waals surface area contributed by atoms with Gasteiger partial charge in [0.2, 0.25) is 0 Å². The molecule has 2 aromatic heterocycles. The van der Waals surface area contributed by atoms with Gasteiger partial charge in [0.25, 0.3) is 0 Å². The van der Waals surface area contributed by atoms with Crippen LogP contribution in [0.4, 0.5) is 0 Å². The second-order valence-electron chi connectivity index (χ2n) is 5.23. The zero-order valence-corrected chi connectivity index (χ0v) is 13.3. The molecular weight excluding hydrogens is 300 g/mol. The molecule has 0 aliphatic carbocycles. The first kappa shape index (κ1) is 15.6. The van der Waals surface area contributed by atoms with Crippen molar-refractivity contribution in [3.63, 3.8) is 0 Å². The average Bonchev–Trinajstić information content (AvgIpc) is 2.99. The van der Waals surface area contributed by atoms with Gasteiger partial charge >= 0.3 is 5.97 Å². The highest BCUT2D eigenvalue weighted by atomic mass is 16.5. The summed E-state index contributed by atoms with van der Waals surface area (Å²) < 4.78 is 7.08. The van der Waals surface area contributed by atoms with Gasteiger partial charge in [-0.2, -0.15) is 5.26 Å². The van der Waals surface area contributed by atoms with E-state index in [2.05, 4.69) is 6.07 Å². The van der Waals surface area contributed by atoms with Crippen molar-refractivity contribution in [2.24, 2.45) is 0 Å². The smallest absolute Gasteiger partial charge is 0.340 e. The second-order valence-corrected chi connectivity index (χ2v) is 5.23. The fourth-order valence-electron chi connectivity index (χ4n) is 2.53. The van der Waals surface area contributed by atoms with Crippen LogP contribution in [0.1, 0.15) is 34.1 Å². The summed E-state index contributed by atoms with van der Waals surface area (Å²) in [6, 6.07) is 17.0. The Kier molecular flexibility index (Phi) is 4.44. The van der Waals surface area contributed by atoms with E-state index in [1.807, 2.05) is 59.1 Å². The summed E-state index contributed by atoms with van der Waals surface area (Å²) in [5.41, 5.74) is 3.87. The molecule has 0 N–H and O–H groups in total. The third-order valence-corrected chi connectivity index (χ3v) is 3.69. The van der Waals surface area contributed by atoms with Crippen molar-refractivity contribution in [2.45, 2.75) is 6.92 Å². The highest BCUT2D eigenvalue weighted by Crippen LogP contribution is 2.20. The molecule has 0 aliphatic heterocycles. The molecule has 24 heavy (non-hydrogen) atoms. The van der Waals surface area contributed by atoms with E-state index < -0.39 is 0 Å². The Labute approximate surface area is 140 Å². The van der Waals surface area contributed by atoms with Crippen LogP contribution in [0.5, 0.6) is 0 Å². The van der Waals surface area contributed by atoms with Crippen LogP contribution in [-0.2, 0) is 4.74 Å². The van der Waals surface area contributed by atoms with Crippen LogP contribution in [0, 0.1) is 11.3 Å². The van der Waals surface area contributed by atoms with Crippen molar-refractivity contribution in [1.82, 2.24) is 4.40 Å². The average molecular weight is 316 g/mol. The summed E-state index contributed by atoms with van der Waals surface area (Å²) >= 11 is 0. The number of benzene rings is 1. The van der Waals surface area contributed by atoms with Crippen molar-refractivity contribution in [3.05, 3.63) is 77.1 Å². The SMILES string of the molecule is CCOC(=O)c1cc(/C=C/c2ccc(C#N)cc2)n2ccccc12. The van der Waals surface area contributed by atoms with E-state index in [1.54, 1.807) is 19.1 Å². The number of hydrogen-bond acceptors (Lipinski definition) is 3. The number of nitrogens with zero attached hydrogens (tertiary/aromatic N) is 2. The van der Waals surface area contributed by atoms with Gasteiger partial charge in [-0.15, -0.1) is 0 Å². The monoisotopic (exact) mass is 316 g/mol. The molecule has 0 aliphatic rings. The summed E-state index contributed by atoms with van der Waals surface area (Å²) in [6.07, 6.45) is 5.80. The van der Waals surface area contributed by atoms with E-state index in [0.717, 1.165) is 16.8 Å². The summed E-state index contributed by atoms with van der Waals surface area (Å²) in [4.78, 5) is 12.1. The molecule has 1 aromatic carbocycles. The first-order chi connectivity index (χ1) is 11.7. The van der Waals surface area contributed by atoms with E-state index in [1.165, 1.54) is 0 Å². The minimum atomic E-state index is -0.320. The Hall–Kier alpha value is -3.32. The van der Waals surface area contributed by atoms with Gasteiger partial charge in [0.1, 0.15) is 0 Å². The summed E-state index contributed by atoms with van der Waals surface area (Å²) in [5, 5.41) is 8.84. The van der Waals surface area contributed by atoms with Gasteiger partial charge in [-0.3, -0.25) is 0 Å². The van der Waals surface area contributed by atoms with Gasteiger partial charge in [-0.25, -0.2) is 4.79 Å². The fraction of sp³-hybridized carbons (Fsp3) is 0.100. The van der Waals surface area contributed by atoms with Crippen LogP contribution in [-0.4, -0.2) is 17.0 Å². The molecule has 0 bridgehead atoms. The van der Waals surface area contributed by atoms with Crippen LogP contribution in [0.15, 0.2) is 54.7 Å². The Morgan fingerprint density at radius 3 is 2.71 bits per heavy atom. The van der Waals surface area contributed by atoms with Crippen LogP contribution in [0.25, 0.3) is 17.7 Å². The Bertz CT molecular complexity index is 944. The summed E-state index contributed by atoms with van der Waals surface area (Å²) in [7, 11) is 0. The molecule has 118 valence electrons. The molecule has 0 atom stereocenters. The van der Waals surface area contributed by atoms with Crippen molar-refractivity contribution in [3.8, 4) is 6.07 Å². The molecule has 0 radical (unpaired) electrons. The van der Waals surface area contributed by atoms with E-state index >= 15 is 0 Å². The van der Waals surface area contributed by atoms with Crippen molar-refractivity contribution < 1.29 is 9.53 Å². The number of pyridine rings is 1. The van der Waals surface area contributed by atoms with Gasteiger partial charge in [0, 0.05) is 11.9 Å². The number of fused-ring (bicyclic) bond motifs is 1. The number of nitriles is 1. The molecule has 4 nitrogen and oxygen atoms in total. The largest absolute Gasteiger partial charge is 0.462 e. The summed E-state index contributed by atoms with van der Waals surface area (Å²) in [6.45, 7) is 2.14. The third-order valence-electron chi connectivity index (χ3n) is 3.69. The number of carbonyl (C=O) groups is 1. The molecule has 4 heteroatoms. The number of carbonyl (C=O) groups excluding carboxylic acids is 1. The lowest BCUT2D eigenvalue weighted by Gasteiger charge is -2.00. The Balaban J connectivity index is 1.98. The van der Waals surface area contributed by atoms with Crippen LogP contribution < -0.4 is 0 Å². The van der Waals surface area contributed by atoms with E-state index in [-0.39, 0.29) is 5.97 Å². The molecule has 0 unspecified atom stereocenters. The minimum Gasteiger partial charge on any atom is -0.462 e. The van der Waals surface area contributed by atoms with E-state index in [0.29, 0.717) is 17.7 Å².